The molecule has 1 heterocycles. The number of nitrogens with one attached hydrogen (secondary N) is 1. The molecule has 0 unspecified atom stereocenters. The molecule has 0 bridgehead atoms. The molecule has 1 saturated heterocycles. The van der Waals surface area contributed by atoms with Crippen molar-refractivity contribution in [3.63, 3.8) is 0 Å². The monoisotopic (exact) mass is 348 g/mol. The highest BCUT2D eigenvalue weighted by Gasteiger charge is 2.27. The summed E-state index contributed by atoms with van der Waals surface area (Å²) in [6.07, 6.45) is 0.436. The Hall–Kier alpha value is -1.24. The van der Waals surface area contributed by atoms with Crippen LogP contribution in [0.1, 0.15) is 18.0 Å². The van der Waals surface area contributed by atoms with E-state index in [4.69, 9.17) is 14.2 Å². The van der Waals surface area contributed by atoms with E-state index < -0.39 is 0 Å². The number of hydrogen-bond acceptors (Lipinski definition) is 5. The molecule has 0 spiro atoms. The highest BCUT2D eigenvalue weighted by atomic mass is 35.5. The van der Waals surface area contributed by atoms with Crippen LogP contribution in [-0.2, 0) is 0 Å². The maximum atomic E-state index is 13.1. The molecule has 0 aliphatic carbocycles. The molecule has 1 fully saturated rings. The number of halogens is 2. The zero-order chi connectivity index (χ0) is 15.9. The normalized spacial score (nSPS) is 16.3. The molecule has 0 aromatic heterocycles. The summed E-state index contributed by atoms with van der Waals surface area (Å²) >= 11 is 0. The smallest absolute Gasteiger partial charge is 0.203 e. The van der Waals surface area contributed by atoms with E-state index in [2.05, 4.69) is 10.2 Å². The van der Waals surface area contributed by atoms with E-state index in [1.807, 2.05) is 12.1 Å². The van der Waals surface area contributed by atoms with Gasteiger partial charge in [-0.1, -0.05) is 0 Å². The molecule has 2 rings (SSSR count). The Labute approximate surface area is 143 Å². The van der Waals surface area contributed by atoms with Gasteiger partial charge < -0.3 is 19.5 Å². The van der Waals surface area contributed by atoms with Crippen molar-refractivity contribution in [1.82, 2.24) is 10.2 Å². The first kappa shape index (κ1) is 19.8. The maximum absolute atomic E-state index is 13.1. The van der Waals surface area contributed by atoms with E-state index in [-0.39, 0.29) is 25.1 Å². The summed E-state index contributed by atoms with van der Waals surface area (Å²) in [5.74, 6) is 1.79. The Morgan fingerprint density at radius 3 is 2.26 bits per heavy atom. The number of ether oxygens (including phenoxy) is 3. The molecule has 7 heteroatoms. The molecule has 1 atom stereocenters. The number of rotatable bonds is 7. The van der Waals surface area contributed by atoms with E-state index >= 15 is 0 Å². The molecule has 1 aromatic rings. The van der Waals surface area contributed by atoms with Gasteiger partial charge in [-0.15, -0.1) is 12.4 Å². The predicted molar refractivity (Wildman–Crippen MR) is 91.1 cm³/mol. The summed E-state index contributed by atoms with van der Waals surface area (Å²) in [7, 11) is 4.77. The van der Waals surface area contributed by atoms with Crippen LogP contribution in [0.25, 0.3) is 0 Å². The van der Waals surface area contributed by atoms with Gasteiger partial charge in [0.25, 0.3) is 0 Å². The predicted octanol–water partition coefficient (Wildman–Crippen LogP) is 2.44. The van der Waals surface area contributed by atoms with Gasteiger partial charge in [0.15, 0.2) is 11.5 Å². The fraction of sp³-hybridized carbons (Fsp3) is 0.625. The van der Waals surface area contributed by atoms with Crippen molar-refractivity contribution in [2.75, 3.05) is 54.2 Å². The number of benzene rings is 1. The van der Waals surface area contributed by atoms with E-state index in [1.54, 1.807) is 21.3 Å². The zero-order valence-corrected chi connectivity index (χ0v) is 14.7. The minimum absolute atomic E-state index is 0. The zero-order valence-electron chi connectivity index (χ0n) is 13.9. The molecule has 1 N–H and O–H groups in total. The van der Waals surface area contributed by atoms with Crippen LogP contribution in [0.5, 0.6) is 17.2 Å². The first-order valence-corrected chi connectivity index (χ1v) is 7.56. The first-order valence-electron chi connectivity index (χ1n) is 7.56. The fourth-order valence-electron chi connectivity index (χ4n) is 3.02. The van der Waals surface area contributed by atoms with Gasteiger partial charge in [0, 0.05) is 37.8 Å². The Balaban J connectivity index is 0.00000264. The van der Waals surface area contributed by atoms with Crippen molar-refractivity contribution in [3.05, 3.63) is 17.7 Å². The third-order valence-corrected chi connectivity index (χ3v) is 4.07. The summed E-state index contributed by atoms with van der Waals surface area (Å²) < 4.78 is 29.4. The van der Waals surface area contributed by atoms with Gasteiger partial charge >= 0.3 is 0 Å². The number of nitrogens with zero attached hydrogens (tertiary/aromatic N) is 1. The Morgan fingerprint density at radius 2 is 1.74 bits per heavy atom. The molecule has 1 aliphatic heterocycles. The Bertz CT molecular complexity index is 485. The van der Waals surface area contributed by atoms with Crippen LogP contribution in [-0.4, -0.2) is 59.1 Å². The summed E-state index contributed by atoms with van der Waals surface area (Å²) in [6.45, 7) is 3.24. The molecule has 0 radical (unpaired) electrons. The molecule has 5 nitrogen and oxygen atoms in total. The third-order valence-electron chi connectivity index (χ3n) is 4.07. The second-order valence-electron chi connectivity index (χ2n) is 5.20. The minimum Gasteiger partial charge on any atom is -0.493 e. The molecule has 0 saturated carbocycles. The van der Waals surface area contributed by atoms with Crippen LogP contribution in [0, 0.1) is 0 Å². The number of hydrogen-bond donors (Lipinski definition) is 1. The summed E-state index contributed by atoms with van der Waals surface area (Å²) in [6, 6.07) is 3.77. The van der Waals surface area contributed by atoms with E-state index in [1.165, 1.54) is 0 Å². The average Bonchev–Trinajstić information content (AvgIpc) is 2.59. The minimum atomic E-state index is -0.369. The topological polar surface area (TPSA) is 43.0 Å². The van der Waals surface area contributed by atoms with Crippen LogP contribution in [0.15, 0.2) is 12.1 Å². The van der Waals surface area contributed by atoms with Crippen LogP contribution in [0.4, 0.5) is 4.39 Å². The molecule has 132 valence electrons. The second-order valence-corrected chi connectivity index (χ2v) is 5.20. The quantitative estimate of drug-likeness (QED) is 0.820. The van der Waals surface area contributed by atoms with Crippen LogP contribution >= 0.6 is 12.4 Å². The lowest BCUT2D eigenvalue weighted by Crippen LogP contribution is -2.45. The third kappa shape index (κ3) is 4.40. The standard InChI is InChI=1S/C16H25FN2O3.ClH/c1-20-14-5-4-12(15(21-2)16(14)22-3)13(6-7-17)19-10-8-18-9-11-19;/h4-5,13,18H,6-11H2,1-3H3;1H/t13-;/m0./s1. The van der Waals surface area contributed by atoms with Crippen molar-refractivity contribution in [2.24, 2.45) is 0 Å². The fourth-order valence-corrected chi connectivity index (χ4v) is 3.02. The lowest BCUT2D eigenvalue weighted by atomic mass is 9.99. The van der Waals surface area contributed by atoms with Gasteiger partial charge in [-0.25, -0.2) is 0 Å². The number of piperazine rings is 1. The lowest BCUT2D eigenvalue weighted by molar-refractivity contribution is 0.154. The van der Waals surface area contributed by atoms with Gasteiger partial charge in [0.2, 0.25) is 5.75 Å². The van der Waals surface area contributed by atoms with E-state index in [0.717, 1.165) is 31.7 Å². The van der Waals surface area contributed by atoms with Gasteiger partial charge in [-0.3, -0.25) is 9.29 Å². The average molecular weight is 349 g/mol. The Morgan fingerprint density at radius 1 is 1.09 bits per heavy atom. The van der Waals surface area contributed by atoms with Gasteiger partial charge in [0.05, 0.1) is 28.0 Å². The molecule has 1 aromatic carbocycles. The first-order chi connectivity index (χ1) is 10.8. The van der Waals surface area contributed by atoms with Crippen molar-refractivity contribution < 1.29 is 18.6 Å². The maximum Gasteiger partial charge on any atom is 0.203 e. The van der Waals surface area contributed by atoms with Crippen molar-refractivity contribution >= 4 is 12.4 Å². The summed E-state index contributed by atoms with van der Waals surface area (Å²) in [5.41, 5.74) is 0.944. The SMILES string of the molecule is COc1ccc([C@H](CCF)N2CCNCC2)c(OC)c1OC.Cl. The van der Waals surface area contributed by atoms with Crippen molar-refractivity contribution in [2.45, 2.75) is 12.5 Å². The molecule has 23 heavy (non-hydrogen) atoms. The van der Waals surface area contributed by atoms with Crippen LogP contribution in [0.3, 0.4) is 0 Å². The van der Waals surface area contributed by atoms with Crippen LogP contribution in [0.2, 0.25) is 0 Å². The molecule has 0 amide bonds. The van der Waals surface area contributed by atoms with Gasteiger partial charge in [0.1, 0.15) is 0 Å². The van der Waals surface area contributed by atoms with Gasteiger partial charge in [-0.2, -0.15) is 0 Å². The highest BCUT2D eigenvalue weighted by Crippen LogP contribution is 2.44. The number of methoxy groups -OCH3 is 3. The van der Waals surface area contributed by atoms with Gasteiger partial charge in [-0.05, 0) is 18.6 Å². The molecule has 1 aliphatic rings. The Kier molecular flexibility index (Phi) is 8.44. The second kappa shape index (κ2) is 9.80. The van der Waals surface area contributed by atoms with Crippen LogP contribution < -0.4 is 19.5 Å². The van der Waals surface area contributed by atoms with Crippen molar-refractivity contribution in [3.8, 4) is 17.2 Å². The van der Waals surface area contributed by atoms with Crippen molar-refractivity contribution in [1.29, 1.82) is 0 Å². The summed E-state index contributed by atoms with van der Waals surface area (Å²) in [4.78, 5) is 2.29. The molecular weight excluding hydrogens is 323 g/mol. The lowest BCUT2D eigenvalue weighted by Gasteiger charge is -2.35. The van der Waals surface area contributed by atoms with E-state index in [9.17, 15) is 4.39 Å². The summed E-state index contributed by atoms with van der Waals surface area (Å²) in [5, 5.41) is 3.32. The number of alkyl halides is 1. The molecular formula is C16H26ClFN2O3. The van der Waals surface area contributed by atoms with E-state index in [0.29, 0.717) is 23.7 Å². The largest absolute Gasteiger partial charge is 0.493 e. The highest BCUT2D eigenvalue weighted by molar-refractivity contribution is 5.85.